The quantitative estimate of drug-likeness (QED) is 0.651. The van der Waals surface area contributed by atoms with Crippen LogP contribution >= 0.6 is 0 Å². The van der Waals surface area contributed by atoms with Gasteiger partial charge < -0.3 is 24.3 Å². The minimum Gasteiger partial charge on any atom is -0.530 e. The van der Waals surface area contributed by atoms with Crippen molar-refractivity contribution in [1.29, 1.82) is 0 Å². The Hall–Kier alpha value is -2.49. The first kappa shape index (κ1) is 23.2. The van der Waals surface area contributed by atoms with Crippen molar-refractivity contribution in [2.75, 3.05) is 26.2 Å². The lowest BCUT2D eigenvalue weighted by Gasteiger charge is -2.36. The van der Waals surface area contributed by atoms with E-state index in [-0.39, 0.29) is 43.8 Å². The van der Waals surface area contributed by atoms with Gasteiger partial charge in [-0.3, -0.25) is 4.90 Å². The van der Waals surface area contributed by atoms with Crippen LogP contribution in [0.3, 0.4) is 0 Å². The molecule has 0 aromatic heterocycles. The molecular weight excluding hydrogens is 417 g/mol. The average Bonchev–Trinajstić information content (AvgIpc) is 3.42. The third-order valence-electron chi connectivity index (χ3n) is 5.20. The molecule has 0 N–H and O–H groups in total. The third kappa shape index (κ3) is 5.61. The number of benzene rings is 1. The van der Waals surface area contributed by atoms with E-state index in [1.807, 2.05) is 4.90 Å². The van der Waals surface area contributed by atoms with E-state index in [2.05, 4.69) is 0 Å². The zero-order chi connectivity index (χ0) is 23.0. The van der Waals surface area contributed by atoms with Crippen molar-refractivity contribution in [2.24, 2.45) is 0 Å². The SMILES string of the molecule is CC(C)(C)OC(=O)C1(Oc2c(CN3CCN(C(=O)[O-])CC3)cccc2C(F)(F)F)CC1. The zero-order valence-corrected chi connectivity index (χ0v) is 17.8. The number of piperazine rings is 1. The van der Waals surface area contributed by atoms with Gasteiger partial charge in [0.05, 0.1) is 5.56 Å². The second-order valence-electron chi connectivity index (χ2n) is 8.92. The Kier molecular flexibility index (Phi) is 6.14. The molecule has 7 nitrogen and oxygen atoms in total. The Morgan fingerprint density at radius 2 is 1.71 bits per heavy atom. The van der Waals surface area contributed by atoms with E-state index < -0.39 is 35.0 Å². The largest absolute Gasteiger partial charge is 0.530 e. The van der Waals surface area contributed by atoms with Crippen LogP contribution in [0.4, 0.5) is 18.0 Å². The van der Waals surface area contributed by atoms with Crippen LogP contribution in [0.15, 0.2) is 18.2 Å². The number of hydrogen-bond donors (Lipinski definition) is 0. The molecule has 1 amide bonds. The Morgan fingerprint density at radius 3 is 2.19 bits per heavy atom. The summed E-state index contributed by atoms with van der Waals surface area (Å²) in [5.41, 5.74) is -2.88. The van der Waals surface area contributed by atoms with Crippen LogP contribution in [0.2, 0.25) is 0 Å². The van der Waals surface area contributed by atoms with Crippen molar-refractivity contribution in [3.63, 3.8) is 0 Å². The predicted octanol–water partition coefficient (Wildman–Crippen LogP) is 2.42. The van der Waals surface area contributed by atoms with E-state index in [0.717, 1.165) is 11.0 Å². The van der Waals surface area contributed by atoms with Crippen LogP contribution in [0.1, 0.15) is 44.7 Å². The zero-order valence-electron chi connectivity index (χ0n) is 17.8. The lowest BCUT2D eigenvalue weighted by Crippen LogP contribution is -2.52. The third-order valence-corrected chi connectivity index (χ3v) is 5.20. The maximum atomic E-state index is 13.7. The molecule has 1 aromatic carbocycles. The molecule has 1 aliphatic heterocycles. The van der Waals surface area contributed by atoms with Crippen LogP contribution in [0.5, 0.6) is 5.75 Å². The first-order valence-corrected chi connectivity index (χ1v) is 10.1. The highest BCUT2D eigenvalue weighted by atomic mass is 19.4. The molecule has 2 fully saturated rings. The Bertz CT molecular complexity index is 838. The predicted molar refractivity (Wildman–Crippen MR) is 102 cm³/mol. The van der Waals surface area contributed by atoms with Gasteiger partial charge in [-0.2, -0.15) is 13.2 Å². The lowest BCUT2D eigenvalue weighted by molar-refractivity contribution is -0.266. The van der Waals surface area contributed by atoms with Crippen LogP contribution in [0.25, 0.3) is 0 Å². The number of rotatable bonds is 5. The smallest absolute Gasteiger partial charge is 0.419 e. The summed E-state index contributed by atoms with van der Waals surface area (Å²) < 4.78 is 52.3. The number of alkyl halides is 3. The molecule has 3 rings (SSSR count). The summed E-state index contributed by atoms with van der Waals surface area (Å²) in [5.74, 6) is -1.05. The molecule has 1 aliphatic carbocycles. The van der Waals surface area contributed by atoms with Crippen molar-refractivity contribution in [1.82, 2.24) is 9.80 Å². The molecule has 0 atom stereocenters. The van der Waals surface area contributed by atoms with Crippen LogP contribution in [-0.2, 0) is 22.3 Å². The summed E-state index contributed by atoms with van der Waals surface area (Å²) in [6.07, 6.45) is -5.38. The van der Waals surface area contributed by atoms with E-state index >= 15 is 0 Å². The molecule has 0 unspecified atom stereocenters. The number of halogens is 3. The fourth-order valence-corrected chi connectivity index (χ4v) is 3.41. The van der Waals surface area contributed by atoms with Gasteiger partial charge in [0.1, 0.15) is 17.4 Å². The molecule has 10 heteroatoms. The number of carbonyl (C=O) groups is 2. The van der Waals surface area contributed by atoms with Gasteiger partial charge in [-0.05, 0) is 26.8 Å². The minimum absolute atomic E-state index is 0.130. The summed E-state index contributed by atoms with van der Waals surface area (Å²) in [6, 6.07) is 3.76. The average molecular weight is 443 g/mol. The van der Waals surface area contributed by atoms with Gasteiger partial charge in [0.15, 0.2) is 0 Å². The summed E-state index contributed by atoms with van der Waals surface area (Å²) in [6.45, 7) is 6.29. The van der Waals surface area contributed by atoms with Crippen molar-refractivity contribution in [2.45, 2.75) is 57.5 Å². The highest BCUT2D eigenvalue weighted by Gasteiger charge is 2.56. The number of ether oxygens (including phenoxy) is 2. The molecule has 0 spiro atoms. The number of hydrogen-bond acceptors (Lipinski definition) is 6. The highest BCUT2D eigenvalue weighted by Crippen LogP contribution is 2.47. The number of para-hydroxylation sites is 1. The van der Waals surface area contributed by atoms with E-state index in [4.69, 9.17) is 9.47 Å². The number of esters is 1. The molecule has 1 aromatic rings. The summed E-state index contributed by atoms with van der Waals surface area (Å²) >= 11 is 0. The van der Waals surface area contributed by atoms with Crippen LogP contribution in [0, 0.1) is 0 Å². The normalized spacial score (nSPS) is 19.1. The second kappa shape index (κ2) is 8.22. The monoisotopic (exact) mass is 443 g/mol. The highest BCUT2D eigenvalue weighted by molar-refractivity contribution is 5.84. The number of amides is 1. The molecule has 0 bridgehead atoms. The Morgan fingerprint density at radius 1 is 1.10 bits per heavy atom. The van der Waals surface area contributed by atoms with Gasteiger partial charge in [-0.25, -0.2) is 4.79 Å². The second-order valence-corrected chi connectivity index (χ2v) is 8.92. The van der Waals surface area contributed by atoms with E-state index in [1.165, 1.54) is 12.1 Å². The summed E-state index contributed by atoms with van der Waals surface area (Å²) in [4.78, 5) is 26.6. The summed E-state index contributed by atoms with van der Waals surface area (Å²) in [7, 11) is 0. The van der Waals surface area contributed by atoms with Gasteiger partial charge >= 0.3 is 12.1 Å². The lowest BCUT2D eigenvalue weighted by atomic mass is 10.1. The number of nitrogens with zero attached hydrogens (tertiary/aromatic N) is 2. The van der Waals surface area contributed by atoms with Crippen LogP contribution < -0.4 is 9.84 Å². The molecule has 31 heavy (non-hydrogen) atoms. The van der Waals surface area contributed by atoms with Gasteiger partial charge in [-0.15, -0.1) is 0 Å². The maximum Gasteiger partial charge on any atom is 0.419 e. The molecule has 172 valence electrons. The first-order chi connectivity index (χ1) is 14.3. The van der Waals surface area contributed by atoms with Gasteiger partial charge in [0.25, 0.3) is 0 Å². The molecule has 1 saturated carbocycles. The molecule has 0 radical (unpaired) electrons. The Labute approximate surface area is 178 Å². The molecule has 1 heterocycles. The fraction of sp³-hybridized carbons (Fsp3) is 0.619. The van der Waals surface area contributed by atoms with Crippen molar-refractivity contribution in [3.8, 4) is 5.75 Å². The number of carbonyl (C=O) groups excluding carboxylic acids is 2. The van der Waals surface area contributed by atoms with Crippen molar-refractivity contribution < 1.29 is 37.3 Å². The van der Waals surface area contributed by atoms with E-state index in [9.17, 15) is 27.9 Å². The minimum atomic E-state index is -4.66. The van der Waals surface area contributed by atoms with Crippen LogP contribution in [-0.4, -0.2) is 59.2 Å². The molecule has 2 aliphatic rings. The van der Waals surface area contributed by atoms with Gasteiger partial charge in [-0.1, -0.05) is 12.1 Å². The maximum absolute atomic E-state index is 13.7. The van der Waals surface area contributed by atoms with Crippen molar-refractivity contribution >= 4 is 12.1 Å². The fourth-order valence-electron chi connectivity index (χ4n) is 3.41. The van der Waals surface area contributed by atoms with Gasteiger partial charge in [0, 0.05) is 51.1 Å². The molecular formula is C21H26F3N2O5-. The molecule has 1 saturated heterocycles. The summed E-state index contributed by atoms with van der Waals surface area (Å²) in [5, 5.41) is 11.0. The van der Waals surface area contributed by atoms with E-state index in [0.29, 0.717) is 13.1 Å². The van der Waals surface area contributed by atoms with Gasteiger partial charge in [0.2, 0.25) is 5.60 Å². The number of carboxylic acid groups (broad SMARTS) is 1. The van der Waals surface area contributed by atoms with E-state index in [1.54, 1.807) is 20.8 Å². The first-order valence-electron chi connectivity index (χ1n) is 10.1. The van der Waals surface area contributed by atoms with Crippen molar-refractivity contribution in [3.05, 3.63) is 29.3 Å². The standard InChI is InChI=1S/C21H27F3N2O5/c1-19(2,3)31-17(27)20(7-8-20)30-16-14(5-4-6-15(16)21(22,23)24)13-25-9-11-26(12-10-25)18(28)29/h4-6H,7-13H2,1-3H3,(H,28,29)/p-1. The Balaban J connectivity index is 1.85. The topological polar surface area (TPSA) is 82.1 Å².